The van der Waals surface area contributed by atoms with E-state index < -0.39 is 0 Å². The van der Waals surface area contributed by atoms with Crippen LogP contribution in [0.5, 0.6) is 0 Å². The van der Waals surface area contributed by atoms with Crippen LogP contribution >= 0.6 is 15.9 Å². The molecular formula is C10H18Br. The summed E-state index contributed by atoms with van der Waals surface area (Å²) in [5, 5.41) is 1.17. The molecule has 0 aromatic carbocycles. The Morgan fingerprint density at radius 1 is 0.909 bits per heavy atom. The first kappa shape index (κ1) is 9.57. The molecule has 0 saturated heterocycles. The molecule has 11 heavy (non-hydrogen) atoms. The predicted molar refractivity (Wildman–Crippen MR) is 54.0 cm³/mol. The van der Waals surface area contributed by atoms with Gasteiger partial charge in [0.15, 0.2) is 0 Å². The van der Waals surface area contributed by atoms with Gasteiger partial charge in [-0.05, 0) is 25.2 Å². The van der Waals surface area contributed by atoms with E-state index in [-0.39, 0.29) is 0 Å². The third kappa shape index (κ3) is 4.15. The van der Waals surface area contributed by atoms with Crippen LogP contribution in [0.2, 0.25) is 0 Å². The molecule has 1 fully saturated rings. The van der Waals surface area contributed by atoms with Crippen LogP contribution in [0.15, 0.2) is 0 Å². The van der Waals surface area contributed by atoms with Crippen molar-refractivity contribution in [3.8, 4) is 0 Å². The second-order valence-corrected chi connectivity index (χ2v) is 4.25. The van der Waals surface area contributed by atoms with E-state index in [0.29, 0.717) is 0 Å². The number of halogens is 1. The maximum atomic E-state index is 3.51. The highest BCUT2D eigenvalue weighted by Gasteiger charge is 2.10. The van der Waals surface area contributed by atoms with Gasteiger partial charge in [0.2, 0.25) is 0 Å². The Labute approximate surface area is 78.9 Å². The molecule has 0 aliphatic heterocycles. The van der Waals surface area contributed by atoms with Crippen LogP contribution in [0.3, 0.4) is 0 Å². The highest BCUT2D eigenvalue weighted by atomic mass is 79.9. The summed E-state index contributed by atoms with van der Waals surface area (Å²) in [5.41, 5.74) is 0. The van der Waals surface area contributed by atoms with Crippen LogP contribution in [0, 0.1) is 5.92 Å². The number of alkyl halides is 1. The summed E-state index contributed by atoms with van der Waals surface area (Å²) in [6.07, 6.45) is 11.4. The minimum absolute atomic E-state index is 1.17. The molecule has 0 N–H and O–H groups in total. The summed E-state index contributed by atoms with van der Waals surface area (Å²) in [6, 6.07) is 0. The van der Waals surface area contributed by atoms with E-state index >= 15 is 0 Å². The molecule has 65 valence electrons. The van der Waals surface area contributed by atoms with Crippen LogP contribution in [0.25, 0.3) is 0 Å². The highest BCUT2D eigenvalue weighted by molar-refractivity contribution is 9.09. The molecule has 1 saturated carbocycles. The highest BCUT2D eigenvalue weighted by Crippen LogP contribution is 2.26. The van der Waals surface area contributed by atoms with Crippen molar-refractivity contribution in [2.24, 2.45) is 0 Å². The SMILES string of the molecule is BrCC[C]1CCCCCCC1. The lowest BCUT2D eigenvalue weighted by Crippen LogP contribution is -2.01. The van der Waals surface area contributed by atoms with Gasteiger partial charge in [-0.15, -0.1) is 0 Å². The monoisotopic (exact) mass is 217 g/mol. The summed E-state index contributed by atoms with van der Waals surface area (Å²) in [4.78, 5) is 0. The lowest BCUT2D eigenvalue weighted by atomic mass is 9.89. The predicted octanol–water partition coefficient (Wildman–Crippen LogP) is 4.09. The van der Waals surface area contributed by atoms with Gasteiger partial charge in [-0.3, -0.25) is 0 Å². The number of rotatable bonds is 2. The van der Waals surface area contributed by atoms with Crippen molar-refractivity contribution >= 4 is 15.9 Å². The molecule has 1 rings (SSSR count). The van der Waals surface area contributed by atoms with E-state index in [4.69, 9.17) is 0 Å². The molecular weight excluding hydrogens is 200 g/mol. The summed E-state index contributed by atoms with van der Waals surface area (Å²) >= 11 is 3.51. The Morgan fingerprint density at radius 2 is 1.45 bits per heavy atom. The molecule has 1 aliphatic rings. The summed E-state index contributed by atoms with van der Waals surface area (Å²) < 4.78 is 0. The van der Waals surface area contributed by atoms with E-state index in [2.05, 4.69) is 15.9 Å². The zero-order valence-corrected chi connectivity index (χ0v) is 8.83. The fourth-order valence-electron chi connectivity index (χ4n) is 1.79. The normalized spacial score (nSPS) is 22.6. The standard InChI is InChI=1S/C10H18Br/c11-9-8-10-6-4-2-1-3-5-7-10/h1-9H2. The van der Waals surface area contributed by atoms with Gasteiger partial charge in [0, 0.05) is 5.33 Å². The summed E-state index contributed by atoms with van der Waals surface area (Å²) in [5.74, 6) is 1.81. The second-order valence-electron chi connectivity index (χ2n) is 3.46. The number of hydrogen-bond donors (Lipinski definition) is 0. The van der Waals surface area contributed by atoms with Gasteiger partial charge in [-0.25, -0.2) is 0 Å². The molecule has 1 radical (unpaired) electrons. The fraction of sp³-hybridized carbons (Fsp3) is 0.900. The molecule has 0 heterocycles. The Kier molecular flexibility index (Phi) is 5.26. The average molecular weight is 218 g/mol. The smallest absolute Gasteiger partial charge is 0.00367 e. The fourth-order valence-corrected chi connectivity index (χ4v) is 2.35. The lowest BCUT2D eigenvalue weighted by Gasteiger charge is -2.17. The minimum Gasteiger partial charge on any atom is -0.0928 e. The first-order valence-corrected chi connectivity index (χ1v) is 5.95. The number of hydrogen-bond acceptors (Lipinski definition) is 0. The Bertz CT molecular complexity index is 82.9. The molecule has 1 aliphatic carbocycles. The van der Waals surface area contributed by atoms with Gasteiger partial charge >= 0.3 is 0 Å². The third-order valence-electron chi connectivity index (χ3n) is 2.51. The van der Waals surface area contributed by atoms with Gasteiger partial charge in [-0.1, -0.05) is 48.0 Å². The van der Waals surface area contributed by atoms with Gasteiger partial charge in [0.1, 0.15) is 0 Å². The minimum atomic E-state index is 1.17. The molecule has 0 amide bonds. The molecule has 0 unspecified atom stereocenters. The maximum Gasteiger partial charge on any atom is 0.00367 e. The quantitative estimate of drug-likeness (QED) is 0.612. The first-order valence-electron chi connectivity index (χ1n) is 4.83. The van der Waals surface area contributed by atoms with Gasteiger partial charge in [0.25, 0.3) is 0 Å². The van der Waals surface area contributed by atoms with Crippen LogP contribution in [0.4, 0.5) is 0 Å². The average Bonchev–Trinajstić information content (AvgIpc) is 1.94. The second kappa shape index (κ2) is 6.05. The molecule has 0 aromatic heterocycles. The largest absolute Gasteiger partial charge is 0.0928 e. The molecule has 0 spiro atoms. The zero-order valence-electron chi connectivity index (χ0n) is 7.24. The van der Waals surface area contributed by atoms with E-state index in [1.54, 1.807) is 0 Å². The summed E-state index contributed by atoms with van der Waals surface area (Å²) in [7, 11) is 0. The van der Waals surface area contributed by atoms with E-state index in [1.807, 2.05) is 5.92 Å². The van der Waals surface area contributed by atoms with E-state index in [0.717, 1.165) is 0 Å². The summed E-state index contributed by atoms with van der Waals surface area (Å²) in [6.45, 7) is 0. The van der Waals surface area contributed by atoms with Crippen LogP contribution in [-0.2, 0) is 0 Å². The van der Waals surface area contributed by atoms with Gasteiger partial charge in [0.05, 0.1) is 0 Å². The molecule has 0 atom stereocenters. The molecule has 0 nitrogen and oxygen atoms in total. The van der Waals surface area contributed by atoms with Crippen molar-refractivity contribution < 1.29 is 0 Å². The van der Waals surface area contributed by atoms with Crippen LogP contribution in [0.1, 0.15) is 51.4 Å². The van der Waals surface area contributed by atoms with Crippen molar-refractivity contribution in [2.45, 2.75) is 51.4 Å². The molecule has 1 heteroatoms. The molecule has 0 bridgehead atoms. The Hall–Kier alpha value is 0.480. The maximum absolute atomic E-state index is 3.51. The van der Waals surface area contributed by atoms with Crippen LogP contribution in [-0.4, -0.2) is 5.33 Å². The van der Waals surface area contributed by atoms with Crippen molar-refractivity contribution in [1.82, 2.24) is 0 Å². The topological polar surface area (TPSA) is 0 Å². The van der Waals surface area contributed by atoms with E-state index in [1.165, 1.54) is 56.7 Å². The molecule has 0 aromatic rings. The lowest BCUT2D eigenvalue weighted by molar-refractivity contribution is 0.514. The Morgan fingerprint density at radius 3 is 2.00 bits per heavy atom. The van der Waals surface area contributed by atoms with Gasteiger partial charge < -0.3 is 0 Å². The van der Waals surface area contributed by atoms with Crippen molar-refractivity contribution in [2.75, 3.05) is 5.33 Å². The third-order valence-corrected chi connectivity index (χ3v) is 2.91. The van der Waals surface area contributed by atoms with E-state index in [9.17, 15) is 0 Å². The van der Waals surface area contributed by atoms with Crippen LogP contribution < -0.4 is 0 Å². The Balaban J connectivity index is 2.15. The van der Waals surface area contributed by atoms with Crippen molar-refractivity contribution in [3.63, 3.8) is 0 Å². The van der Waals surface area contributed by atoms with Crippen molar-refractivity contribution in [3.05, 3.63) is 5.92 Å². The zero-order chi connectivity index (χ0) is 7.94. The van der Waals surface area contributed by atoms with Crippen molar-refractivity contribution in [1.29, 1.82) is 0 Å². The first-order chi connectivity index (χ1) is 5.43. The van der Waals surface area contributed by atoms with Gasteiger partial charge in [-0.2, -0.15) is 0 Å².